The molecule has 0 fully saturated rings. The van der Waals surface area contributed by atoms with Gasteiger partial charge in [0.1, 0.15) is 5.76 Å². The summed E-state index contributed by atoms with van der Waals surface area (Å²) in [6.07, 6.45) is 2.57. The zero-order valence-electron chi connectivity index (χ0n) is 8.61. The molecule has 0 aliphatic rings. The van der Waals surface area contributed by atoms with E-state index in [0.717, 1.165) is 17.7 Å². The lowest BCUT2D eigenvalue weighted by atomic mass is 10.1. The van der Waals surface area contributed by atoms with Crippen LogP contribution in [0.15, 0.2) is 47.1 Å². The highest BCUT2D eigenvalue weighted by molar-refractivity contribution is 6.20. The average Bonchev–Trinajstić information content (AvgIpc) is 2.66. The summed E-state index contributed by atoms with van der Waals surface area (Å²) >= 11 is 6.29. The van der Waals surface area contributed by atoms with Crippen LogP contribution in [0.3, 0.4) is 0 Å². The Kier molecular flexibility index (Phi) is 3.12. The van der Waals surface area contributed by atoms with Gasteiger partial charge in [0, 0.05) is 5.56 Å². The molecule has 0 radical (unpaired) electrons. The fourth-order valence-electron chi connectivity index (χ4n) is 1.57. The minimum Gasteiger partial charge on any atom is -0.469 e. The summed E-state index contributed by atoms with van der Waals surface area (Å²) in [7, 11) is 0. The monoisotopic (exact) mass is 220 g/mol. The zero-order chi connectivity index (χ0) is 10.7. The Hall–Kier alpha value is -1.21. The molecule has 1 unspecified atom stereocenters. The van der Waals surface area contributed by atoms with Crippen molar-refractivity contribution in [1.29, 1.82) is 0 Å². The van der Waals surface area contributed by atoms with Gasteiger partial charge in [0.15, 0.2) is 0 Å². The van der Waals surface area contributed by atoms with E-state index in [0.29, 0.717) is 0 Å². The molecule has 0 aliphatic carbocycles. The van der Waals surface area contributed by atoms with Gasteiger partial charge < -0.3 is 4.42 Å². The topological polar surface area (TPSA) is 13.1 Å². The number of aryl methyl sites for hydroxylation is 1. The number of rotatable bonds is 3. The molecule has 78 valence electrons. The minimum atomic E-state index is -0.00940. The van der Waals surface area contributed by atoms with Crippen LogP contribution < -0.4 is 0 Å². The van der Waals surface area contributed by atoms with Crippen LogP contribution >= 0.6 is 11.6 Å². The average molecular weight is 221 g/mol. The lowest BCUT2D eigenvalue weighted by molar-refractivity contribution is 0.531. The maximum absolute atomic E-state index is 6.29. The smallest absolute Gasteiger partial charge is 0.101 e. The summed E-state index contributed by atoms with van der Waals surface area (Å²) < 4.78 is 5.24. The zero-order valence-corrected chi connectivity index (χ0v) is 9.37. The van der Waals surface area contributed by atoms with E-state index in [-0.39, 0.29) is 5.38 Å². The number of halogens is 1. The van der Waals surface area contributed by atoms with Gasteiger partial charge in [-0.15, -0.1) is 11.6 Å². The van der Waals surface area contributed by atoms with Gasteiger partial charge in [-0.1, -0.05) is 30.3 Å². The van der Waals surface area contributed by atoms with E-state index < -0.39 is 0 Å². The van der Waals surface area contributed by atoms with Crippen LogP contribution in [0, 0.1) is 6.92 Å². The normalized spacial score (nSPS) is 12.7. The van der Waals surface area contributed by atoms with E-state index >= 15 is 0 Å². The fourth-order valence-corrected chi connectivity index (χ4v) is 1.86. The molecule has 0 saturated carbocycles. The number of hydrogen-bond acceptors (Lipinski definition) is 1. The van der Waals surface area contributed by atoms with Crippen molar-refractivity contribution in [3.05, 3.63) is 59.5 Å². The van der Waals surface area contributed by atoms with Crippen molar-refractivity contribution >= 4 is 11.6 Å². The first-order valence-corrected chi connectivity index (χ1v) is 5.42. The molecular formula is C13H13ClO. The van der Waals surface area contributed by atoms with E-state index in [1.807, 2.05) is 31.2 Å². The third-order valence-corrected chi connectivity index (χ3v) is 2.78. The molecule has 1 aromatic carbocycles. The largest absolute Gasteiger partial charge is 0.469 e. The fraction of sp³-hybridized carbons (Fsp3) is 0.231. The number of alkyl halides is 1. The molecule has 1 nitrogen and oxygen atoms in total. The standard InChI is InChI=1S/C13H13ClO/c1-10-7-12(9-15-10)13(14)8-11-5-3-2-4-6-11/h2-7,9,13H,8H2,1H3. The van der Waals surface area contributed by atoms with Crippen molar-refractivity contribution in [2.75, 3.05) is 0 Å². The predicted octanol–water partition coefficient (Wildman–Crippen LogP) is 4.11. The molecule has 0 bridgehead atoms. The second kappa shape index (κ2) is 4.54. The Morgan fingerprint density at radius 1 is 1.27 bits per heavy atom. The van der Waals surface area contributed by atoms with Crippen LogP contribution in [0.2, 0.25) is 0 Å². The molecule has 0 saturated heterocycles. The van der Waals surface area contributed by atoms with Gasteiger partial charge in [0.2, 0.25) is 0 Å². The summed E-state index contributed by atoms with van der Waals surface area (Å²) in [5.74, 6) is 0.906. The maximum atomic E-state index is 6.29. The van der Waals surface area contributed by atoms with Crippen LogP contribution in [0.1, 0.15) is 22.3 Å². The SMILES string of the molecule is Cc1cc(C(Cl)Cc2ccccc2)co1. The first-order chi connectivity index (χ1) is 7.25. The highest BCUT2D eigenvalue weighted by atomic mass is 35.5. The van der Waals surface area contributed by atoms with Crippen molar-refractivity contribution in [2.24, 2.45) is 0 Å². The summed E-state index contributed by atoms with van der Waals surface area (Å²) in [6.45, 7) is 1.93. The quantitative estimate of drug-likeness (QED) is 0.710. The molecule has 0 N–H and O–H groups in total. The van der Waals surface area contributed by atoms with E-state index in [1.165, 1.54) is 5.56 Å². The van der Waals surface area contributed by atoms with Gasteiger partial charge in [0.25, 0.3) is 0 Å². The Morgan fingerprint density at radius 2 is 2.00 bits per heavy atom. The van der Waals surface area contributed by atoms with Gasteiger partial charge in [-0.25, -0.2) is 0 Å². The molecule has 1 atom stereocenters. The van der Waals surface area contributed by atoms with Crippen LogP contribution in [0.4, 0.5) is 0 Å². The number of benzene rings is 1. The number of hydrogen-bond donors (Lipinski definition) is 0. The summed E-state index contributed by atoms with van der Waals surface area (Å²) in [4.78, 5) is 0. The van der Waals surface area contributed by atoms with Crippen LogP contribution in [-0.2, 0) is 6.42 Å². The molecule has 1 aromatic heterocycles. The second-order valence-electron chi connectivity index (χ2n) is 3.65. The van der Waals surface area contributed by atoms with Crippen LogP contribution in [0.25, 0.3) is 0 Å². The van der Waals surface area contributed by atoms with E-state index in [1.54, 1.807) is 6.26 Å². The van der Waals surface area contributed by atoms with E-state index in [4.69, 9.17) is 16.0 Å². The van der Waals surface area contributed by atoms with E-state index in [9.17, 15) is 0 Å². The molecule has 2 rings (SSSR count). The molecule has 1 heterocycles. The predicted molar refractivity (Wildman–Crippen MR) is 62.2 cm³/mol. The van der Waals surface area contributed by atoms with Crippen molar-refractivity contribution in [1.82, 2.24) is 0 Å². The van der Waals surface area contributed by atoms with Crippen molar-refractivity contribution in [2.45, 2.75) is 18.7 Å². The van der Waals surface area contributed by atoms with Gasteiger partial charge in [0.05, 0.1) is 11.6 Å². The van der Waals surface area contributed by atoms with Gasteiger partial charge in [-0.3, -0.25) is 0 Å². The molecule has 2 aromatic rings. The highest BCUT2D eigenvalue weighted by Gasteiger charge is 2.10. The summed E-state index contributed by atoms with van der Waals surface area (Å²) in [5, 5.41) is -0.00940. The lowest BCUT2D eigenvalue weighted by Gasteiger charge is -2.06. The van der Waals surface area contributed by atoms with E-state index in [2.05, 4.69) is 12.1 Å². The van der Waals surface area contributed by atoms with Crippen LogP contribution in [0.5, 0.6) is 0 Å². The molecule has 0 spiro atoms. The summed E-state index contributed by atoms with van der Waals surface area (Å²) in [6, 6.07) is 12.2. The second-order valence-corrected chi connectivity index (χ2v) is 4.17. The summed E-state index contributed by atoms with van der Waals surface area (Å²) in [5.41, 5.74) is 2.30. The first-order valence-electron chi connectivity index (χ1n) is 4.99. The third-order valence-electron chi connectivity index (χ3n) is 2.37. The molecule has 0 amide bonds. The third kappa shape index (κ3) is 2.63. The minimum absolute atomic E-state index is 0.00940. The van der Waals surface area contributed by atoms with Crippen molar-refractivity contribution in [3.8, 4) is 0 Å². The molecular weight excluding hydrogens is 208 g/mol. The molecule has 15 heavy (non-hydrogen) atoms. The van der Waals surface area contributed by atoms with Crippen molar-refractivity contribution in [3.63, 3.8) is 0 Å². The Bertz CT molecular complexity index is 419. The van der Waals surface area contributed by atoms with Gasteiger partial charge in [-0.05, 0) is 25.0 Å². The van der Waals surface area contributed by atoms with Gasteiger partial charge >= 0.3 is 0 Å². The van der Waals surface area contributed by atoms with Crippen LogP contribution in [-0.4, -0.2) is 0 Å². The highest BCUT2D eigenvalue weighted by Crippen LogP contribution is 2.26. The number of furan rings is 1. The van der Waals surface area contributed by atoms with Gasteiger partial charge in [-0.2, -0.15) is 0 Å². The Labute approximate surface area is 94.7 Å². The Morgan fingerprint density at radius 3 is 2.60 bits per heavy atom. The first kappa shape index (κ1) is 10.3. The maximum Gasteiger partial charge on any atom is 0.101 e. The molecule has 2 heteroatoms. The van der Waals surface area contributed by atoms with Crippen molar-refractivity contribution < 1.29 is 4.42 Å². The lowest BCUT2D eigenvalue weighted by Crippen LogP contribution is -1.93. The Balaban J connectivity index is 2.07. The molecule has 0 aliphatic heterocycles.